The Morgan fingerprint density at radius 1 is 1.03 bits per heavy atom. The summed E-state index contributed by atoms with van der Waals surface area (Å²) in [5, 5.41) is 3.33. The molecule has 0 saturated heterocycles. The molecule has 178 valence electrons. The van der Waals surface area contributed by atoms with Gasteiger partial charge in [0.05, 0.1) is 12.7 Å². The van der Waals surface area contributed by atoms with Crippen LogP contribution in [0.1, 0.15) is 56.6 Å². The van der Waals surface area contributed by atoms with Crippen LogP contribution in [0, 0.1) is 5.82 Å². The summed E-state index contributed by atoms with van der Waals surface area (Å²) < 4.78 is 18.5. The number of ether oxygens (including phenoxy) is 1. The molecular formula is C28H31FN2O3. The van der Waals surface area contributed by atoms with Crippen LogP contribution >= 0.6 is 0 Å². The molecule has 1 aliphatic carbocycles. The molecule has 0 aromatic heterocycles. The van der Waals surface area contributed by atoms with Gasteiger partial charge in [-0.15, -0.1) is 0 Å². The van der Waals surface area contributed by atoms with E-state index in [1.165, 1.54) is 19.2 Å². The number of dihydropyridines is 1. The number of rotatable bonds is 6. The zero-order valence-electron chi connectivity index (χ0n) is 20.2. The first-order chi connectivity index (χ1) is 16.4. The molecule has 1 heterocycles. The zero-order valence-corrected chi connectivity index (χ0v) is 20.2. The smallest absolute Gasteiger partial charge is 0.336 e. The Hall–Kier alpha value is -3.41. The molecule has 2 atom stereocenters. The third-order valence-electron chi connectivity index (χ3n) is 6.93. The van der Waals surface area contributed by atoms with E-state index < -0.39 is 11.9 Å². The molecule has 34 heavy (non-hydrogen) atoms. The van der Waals surface area contributed by atoms with E-state index >= 15 is 0 Å². The first-order valence-electron chi connectivity index (χ1n) is 11.8. The lowest BCUT2D eigenvalue weighted by Crippen LogP contribution is -2.36. The van der Waals surface area contributed by atoms with E-state index in [4.69, 9.17) is 4.74 Å². The molecule has 0 amide bonds. The van der Waals surface area contributed by atoms with Gasteiger partial charge in [-0.1, -0.05) is 24.3 Å². The van der Waals surface area contributed by atoms with Gasteiger partial charge in [0.15, 0.2) is 5.78 Å². The van der Waals surface area contributed by atoms with Crippen molar-refractivity contribution in [3.05, 3.63) is 88.0 Å². The van der Waals surface area contributed by atoms with Crippen molar-refractivity contribution in [2.45, 2.75) is 45.4 Å². The van der Waals surface area contributed by atoms with Gasteiger partial charge in [0.2, 0.25) is 0 Å². The summed E-state index contributed by atoms with van der Waals surface area (Å²) in [6.07, 6.45) is 0.931. The molecule has 0 spiro atoms. The molecule has 2 aromatic rings. The predicted molar refractivity (Wildman–Crippen MR) is 131 cm³/mol. The molecule has 1 N–H and O–H groups in total. The van der Waals surface area contributed by atoms with Crippen LogP contribution in [0.2, 0.25) is 0 Å². The van der Waals surface area contributed by atoms with Crippen molar-refractivity contribution in [1.82, 2.24) is 5.32 Å². The molecule has 2 aliphatic rings. The number of methoxy groups -OCH3 is 1. The molecule has 5 nitrogen and oxygen atoms in total. The molecule has 0 bridgehead atoms. The normalized spacial score (nSPS) is 20.1. The van der Waals surface area contributed by atoms with E-state index in [1.54, 1.807) is 12.1 Å². The van der Waals surface area contributed by atoms with Crippen molar-refractivity contribution >= 4 is 17.4 Å². The SMILES string of the molecule is CCN(CC)c1ccc(C2C(C(=O)OC)=C(C)NC3=C2C(=O)CC(c2ccc(F)cc2)C3)cc1. The Morgan fingerprint density at radius 2 is 1.65 bits per heavy atom. The fourth-order valence-electron chi connectivity index (χ4n) is 5.19. The Labute approximate surface area is 200 Å². The molecule has 2 aromatic carbocycles. The molecule has 0 fully saturated rings. The second-order valence-corrected chi connectivity index (χ2v) is 8.82. The van der Waals surface area contributed by atoms with Gasteiger partial charge >= 0.3 is 5.97 Å². The first kappa shape index (κ1) is 23.7. The number of hydrogen-bond donors (Lipinski definition) is 1. The molecule has 2 unspecified atom stereocenters. The lowest BCUT2D eigenvalue weighted by atomic mass is 9.71. The quantitative estimate of drug-likeness (QED) is 0.598. The van der Waals surface area contributed by atoms with Gasteiger partial charge < -0.3 is 15.0 Å². The van der Waals surface area contributed by atoms with Crippen molar-refractivity contribution in [2.24, 2.45) is 0 Å². The summed E-state index contributed by atoms with van der Waals surface area (Å²) in [6.45, 7) is 7.86. The highest BCUT2D eigenvalue weighted by atomic mass is 19.1. The van der Waals surface area contributed by atoms with Gasteiger partial charge in [0.1, 0.15) is 5.82 Å². The minimum atomic E-state index is -0.490. The number of allylic oxidation sites excluding steroid dienone is 3. The topological polar surface area (TPSA) is 58.6 Å². The van der Waals surface area contributed by atoms with Crippen LogP contribution < -0.4 is 10.2 Å². The maximum atomic E-state index is 13.5. The number of halogens is 1. The number of ketones is 1. The fourth-order valence-corrected chi connectivity index (χ4v) is 5.19. The number of nitrogens with zero attached hydrogens (tertiary/aromatic N) is 1. The van der Waals surface area contributed by atoms with Crippen molar-refractivity contribution in [1.29, 1.82) is 0 Å². The van der Waals surface area contributed by atoms with Gasteiger partial charge in [0, 0.05) is 48.1 Å². The number of nitrogens with one attached hydrogen (secondary N) is 1. The number of carbonyl (C=O) groups is 2. The summed E-state index contributed by atoms with van der Waals surface area (Å²) in [4.78, 5) is 28.6. The molecule has 1 aliphatic heterocycles. The van der Waals surface area contributed by atoms with E-state index in [1.807, 2.05) is 31.2 Å². The van der Waals surface area contributed by atoms with Crippen LogP contribution in [0.25, 0.3) is 0 Å². The van der Waals surface area contributed by atoms with Gasteiger partial charge in [-0.3, -0.25) is 4.79 Å². The van der Waals surface area contributed by atoms with Gasteiger partial charge in [0.25, 0.3) is 0 Å². The van der Waals surface area contributed by atoms with E-state index in [2.05, 4.69) is 24.1 Å². The summed E-state index contributed by atoms with van der Waals surface area (Å²) >= 11 is 0. The molecule has 0 saturated carbocycles. The number of hydrogen-bond acceptors (Lipinski definition) is 5. The Kier molecular flexibility index (Phi) is 6.87. The van der Waals surface area contributed by atoms with E-state index in [9.17, 15) is 14.0 Å². The summed E-state index contributed by atoms with van der Waals surface area (Å²) in [5.41, 5.74) is 5.53. The number of benzene rings is 2. The fraction of sp³-hybridized carbons (Fsp3) is 0.357. The third kappa shape index (κ3) is 4.37. The minimum Gasteiger partial charge on any atom is -0.466 e. The number of esters is 1. The zero-order chi connectivity index (χ0) is 24.4. The van der Waals surface area contributed by atoms with Crippen LogP contribution in [0.3, 0.4) is 0 Å². The lowest BCUT2D eigenvalue weighted by Gasteiger charge is -2.36. The Morgan fingerprint density at radius 3 is 2.24 bits per heavy atom. The lowest BCUT2D eigenvalue weighted by molar-refractivity contribution is -0.136. The maximum absolute atomic E-state index is 13.5. The standard InChI is InChI=1S/C28H31FN2O3/c1-5-31(6-2)22-13-9-19(10-14-22)26-25(28(33)34-4)17(3)30-23-15-20(16-24(32)27(23)26)18-7-11-21(29)12-8-18/h7-14,20,26,30H,5-6,15-16H2,1-4H3. The Balaban J connectivity index is 1.76. The van der Waals surface area contributed by atoms with E-state index in [0.29, 0.717) is 29.7 Å². The summed E-state index contributed by atoms with van der Waals surface area (Å²) in [6, 6.07) is 14.4. The summed E-state index contributed by atoms with van der Waals surface area (Å²) in [5.74, 6) is -1.28. The van der Waals surface area contributed by atoms with Crippen LogP contribution in [0.15, 0.2) is 71.1 Å². The molecule has 0 radical (unpaired) electrons. The minimum absolute atomic E-state index is 0.00482. The molecule has 4 rings (SSSR count). The van der Waals surface area contributed by atoms with Crippen LogP contribution in [-0.2, 0) is 14.3 Å². The molecule has 6 heteroatoms. The monoisotopic (exact) mass is 462 g/mol. The highest BCUT2D eigenvalue weighted by Gasteiger charge is 2.41. The van der Waals surface area contributed by atoms with Crippen molar-refractivity contribution in [2.75, 3.05) is 25.1 Å². The number of carbonyl (C=O) groups excluding carboxylic acids is 2. The third-order valence-corrected chi connectivity index (χ3v) is 6.93. The largest absolute Gasteiger partial charge is 0.466 e. The highest BCUT2D eigenvalue weighted by molar-refractivity contribution is 6.04. The van der Waals surface area contributed by atoms with Crippen LogP contribution in [-0.4, -0.2) is 32.0 Å². The second kappa shape index (κ2) is 9.84. The average Bonchev–Trinajstić information content (AvgIpc) is 2.84. The summed E-state index contributed by atoms with van der Waals surface area (Å²) in [7, 11) is 1.36. The number of Topliss-reactive ketones (excluding diaryl/α,β-unsaturated/α-hetero) is 1. The number of anilines is 1. The van der Waals surface area contributed by atoms with Crippen LogP contribution in [0.4, 0.5) is 10.1 Å². The van der Waals surface area contributed by atoms with Gasteiger partial charge in [-0.05, 0) is 68.5 Å². The maximum Gasteiger partial charge on any atom is 0.336 e. The van der Waals surface area contributed by atoms with Crippen molar-refractivity contribution in [3.8, 4) is 0 Å². The van der Waals surface area contributed by atoms with Crippen LogP contribution in [0.5, 0.6) is 0 Å². The predicted octanol–water partition coefficient (Wildman–Crippen LogP) is 5.21. The molecular weight excluding hydrogens is 431 g/mol. The van der Waals surface area contributed by atoms with Gasteiger partial charge in [-0.25, -0.2) is 9.18 Å². The Bertz CT molecular complexity index is 1150. The van der Waals surface area contributed by atoms with E-state index in [0.717, 1.165) is 35.6 Å². The van der Waals surface area contributed by atoms with Crippen molar-refractivity contribution < 1.29 is 18.7 Å². The first-order valence-corrected chi connectivity index (χ1v) is 11.8. The van der Waals surface area contributed by atoms with Gasteiger partial charge in [-0.2, -0.15) is 0 Å². The van der Waals surface area contributed by atoms with E-state index in [-0.39, 0.29) is 17.5 Å². The second-order valence-electron chi connectivity index (χ2n) is 8.82. The van der Waals surface area contributed by atoms with Crippen molar-refractivity contribution in [3.63, 3.8) is 0 Å². The average molecular weight is 463 g/mol. The highest BCUT2D eigenvalue weighted by Crippen LogP contribution is 2.45.